The number of carbonyl (C=O) groups is 2. The van der Waals surface area contributed by atoms with Gasteiger partial charge in [-0.3, -0.25) is 18.1 Å². The number of aldehydes is 1. The van der Waals surface area contributed by atoms with Gasteiger partial charge in [-0.2, -0.15) is 0 Å². The minimum atomic E-state index is -2.62. The standard InChI is InChI=1S/C29H26N2O4S/c32-19-20-10-14-26-24(16-20)12-15-27(26)30-29(33)18-28(22-7-2-1-3-8-22)31(36(34)35)25-13-11-21-6-4-5-9-23(21)17-25/h1-11,13-14,16-17,19,27-28H,12,15,18H2,(H,30,33)(H,34,35)/p-1. The third-order valence-corrected chi connectivity index (χ3v) is 7.50. The Kier molecular flexibility index (Phi) is 6.93. The Morgan fingerprint density at radius 3 is 2.50 bits per heavy atom. The Morgan fingerprint density at radius 1 is 1.00 bits per heavy atom. The second kappa shape index (κ2) is 10.4. The molecule has 1 aliphatic carbocycles. The summed E-state index contributed by atoms with van der Waals surface area (Å²) < 4.78 is 26.4. The van der Waals surface area contributed by atoms with Crippen molar-refractivity contribution in [3.8, 4) is 0 Å². The molecule has 182 valence electrons. The van der Waals surface area contributed by atoms with E-state index in [1.54, 1.807) is 12.1 Å². The fourth-order valence-electron chi connectivity index (χ4n) is 4.98. The van der Waals surface area contributed by atoms with E-state index in [0.29, 0.717) is 11.3 Å². The summed E-state index contributed by atoms with van der Waals surface area (Å²) in [6.45, 7) is 0. The molecule has 0 aromatic heterocycles. The second-order valence-electron chi connectivity index (χ2n) is 8.94. The molecule has 0 saturated carbocycles. The minimum absolute atomic E-state index is 0.0386. The molecule has 36 heavy (non-hydrogen) atoms. The summed E-state index contributed by atoms with van der Waals surface area (Å²) in [5.41, 5.74) is 3.91. The van der Waals surface area contributed by atoms with Gasteiger partial charge < -0.3 is 9.87 Å². The van der Waals surface area contributed by atoms with E-state index in [1.165, 1.54) is 4.31 Å². The Balaban J connectivity index is 1.44. The number of benzene rings is 4. The van der Waals surface area contributed by atoms with E-state index in [0.717, 1.165) is 46.6 Å². The molecule has 0 heterocycles. The SMILES string of the molecule is O=Cc1ccc2c(c1)CCC2NC(=O)CC(c1ccccc1)N(c1ccc2ccccc2c1)S(=O)[O-]. The zero-order valence-electron chi connectivity index (χ0n) is 19.5. The lowest BCUT2D eigenvalue weighted by molar-refractivity contribution is -0.122. The number of carbonyl (C=O) groups excluding carboxylic acids is 2. The number of rotatable bonds is 8. The van der Waals surface area contributed by atoms with Crippen LogP contribution in [0, 0.1) is 0 Å². The summed E-state index contributed by atoms with van der Waals surface area (Å²) in [5.74, 6) is -0.239. The van der Waals surface area contributed by atoms with Crippen LogP contribution in [0.5, 0.6) is 0 Å². The second-order valence-corrected chi connectivity index (χ2v) is 9.77. The predicted molar refractivity (Wildman–Crippen MR) is 140 cm³/mol. The Morgan fingerprint density at radius 2 is 1.75 bits per heavy atom. The van der Waals surface area contributed by atoms with Gasteiger partial charge in [0.15, 0.2) is 0 Å². The van der Waals surface area contributed by atoms with Crippen molar-refractivity contribution in [1.82, 2.24) is 5.32 Å². The molecule has 4 aromatic rings. The quantitative estimate of drug-likeness (QED) is 0.268. The lowest BCUT2D eigenvalue weighted by Crippen LogP contribution is -2.36. The molecule has 5 rings (SSSR count). The first-order valence-corrected chi connectivity index (χ1v) is 12.9. The van der Waals surface area contributed by atoms with E-state index in [1.807, 2.05) is 78.9 Å². The van der Waals surface area contributed by atoms with Gasteiger partial charge in [0.2, 0.25) is 5.91 Å². The number of aryl methyl sites for hydroxylation is 1. The van der Waals surface area contributed by atoms with Gasteiger partial charge >= 0.3 is 0 Å². The van der Waals surface area contributed by atoms with Crippen LogP contribution in [0.15, 0.2) is 91.0 Å². The molecule has 1 aliphatic rings. The van der Waals surface area contributed by atoms with Crippen LogP contribution < -0.4 is 9.62 Å². The van der Waals surface area contributed by atoms with Crippen molar-refractivity contribution in [2.45, 2.75) is 31.3 Å². The molecule has 7 heteroatoms. The number of hydrogen-bond donors (Lipinski definition) is 1. The first kappa shape index (κ1) is 23.9. The van der Waals surface area contributed by atoms with E-state index >= 15 is 0 Å². The highest BCUT2D eigenvalue weighted by atomic mass is 32.2. The van der Waals surface area contributed by atoms with Gasteiger partial charge in [0, 0.05) is 22.5 Å². The Bertz CT molecular complexity index is 1440. The lowest BCUT2D eigenvalue weighted by Gasteiger charge is -2.35. The number of hydrogen-bond acceptors (Lipinski definition) is 4. The maximum absolute atomic E-state index is 13.3. The molecule has 0 spiro atoms. The first-order chi connectivity index (χ1) is 17.5. The van der Waals surface area contributed by atoms with Gasteiger partial charge in [-0.25, -0.2) is 0 Å². The summed E-state index contributed by atoms with van der Waals surface area (Å²) in [6, 6.07) is 27.1. The Hall–Kier alpha value is -3.81. The van der Waals surface area contributed by atoms with Crippen LogP contribution in [-0.2, 0) is 22.5 Å². The van der Waals surface area contributed by atoms with Crippen LogP contribution in [0.1, 0.15) is 52.0 Å². The number of nitrogens with one attached hydrogen (secondary N) is 1. The van der Waals surface area contributed by atoms with E-state index < -0.39 is 17.3 Å². The molecule has 0 fully saturated rings. The van der Waals surface area contributed by atoms with Gasteiger partial charge in [0.25, 0.3) is 0 Å². The third-order valence-electron chi connectivity index (χ3n) is 6.71. The molecule has 0 radical (unpaired) electrons. The molecule has 4 aromatic carbocycles. The van der Waals surface area contributed by atoms with Crippen molar-refractivity contribution >= 4 is 39.9 Å². The molecular weight excluding hydrogens is 472 g/mol. The molecule has 3 atom stereocenters. The van der Waals surface area contributed by atoms with E-state index in [9.17, 15) is 18.4 Å². The van der Waals surface area contributed by atoms with E-state index in [4.69, 9.17) is 0 Å². The van der Waals surface area contributed by atoms with Crippen LogP contribution in [0.2, 0.25) is 0 Å². The molecule has 0 aliphatic heterocycles. The van der Waals surface area contributed by atoms with Gasteiger partial charge in [0.05, 0.1) is 18.5 Å². The lowest BCUT2D eigenvalue weighted by atomic mass is 10.0. The van der Waals surface area contributed by atoms with Crippen LogP contribution >= 0.6 is 0 Å². The van der Waals surface area contributed by atoms with Gasteiger partial charge in [-0.15, -0.1) is 0 Å². The average molecular weight is 498 g/mol. The van der Waals surface area contributed by atoms with Crippen LogP contribution in [0.3, 0.4) is 0 Å². The van der Waals surface area contributed by atoms with Crippen LogP contribution in [0.4, 0.5) is 5.69 Å². The summed E-state index contributed by atoms with van der Waals surface area (Å²) in [5, 5.41) is 5.01. The van der Waals surface area contributed by atoms with Gasteiger partial charge in [-0.05, 0) is 58.5 Å². The van der Waals surface area contributed by atoms with Crippen molar-refractivity contribution in [2.24, 2.45) is 0 Å². The summed E-state index contributed by atoms with van der Waals surface area (Å²) in [7, 11) is 0. The topological polar surface area (TPSA) is 89.5 Å². The number of nitrogens with zero attached hydrogens (tertiary/aromatic N) is 1. The van der Waals surface area contributed by atoms with Crippen LogP contribution in [-0.4, -0.2) is 21.0 Å². The van der Waals surface area contributed by atoms with Gasteiger partial charge in [-0.1, -0.05) is 72.8 Å². The van der Waals surface area contributed by atoms with E-state index in [-0.39, 0.29) is 18.4 Å². The molecule has 1 N–H and O–H groups in total. The molecule has 6 nitrogen and oxygen atoms in total. The van der Waals surface area contributed by atoms with E-state index in [2.05, 4.69) is 5.32 Å². The number of fused-ring (bicyclic) bond motifs is 2. The summed E-state index contributed by atoms with van der Waals surface area (Å²) in [6.07, 6.45) is 2.29. The van der Waals surface area contributed by atoms with Crippen molar-refractivity contribution in [3.05, 3.63) is 113 Å². The van der Waals surface area contributed by atoms with Crippen molar-refractivity contribution < 1.29 is 18.4 Å². The van der Waals surface area contributed by atoms with Crippen molar-refractivity contribution in [2.75, 3.05) is 4.31 Å². The highest BCUT2D eigenvalue weighted by Crippen LogP contribution is 2.35. The van der Waals surface area contributed by atoms with Gasteiger partial charge in [0.1, 0.15) is 6.29 Å². The molecule has 0 saturated heterocycles. The zero-order valence-corrected chi connectivity index (χ0v) is 20.3. The summed E-state index contributed by atoms with van der Waals surface area (Å²) >= 11 is -2.62. The molecule has 0 bridgehead atoms. The fraction of sp³-hybridized carbons (Fsp3) is 0.172. The Labute approximate surface area is 212 Å². The molecule has 3 unspecified atom stereocenters. The molecular formula is C29H25N2O4S-. The van der Waals surface area contributed by atoms with Crippen molar-refractivity contribution in [3.63, 3.8) is 0 Å². The largest absolute Gasteiger partial charge is 0.755 e. The highest BCUT2D eigenvalue weighted by Gasteiger charge is 2.29. The maximum atomic E-state index is 13.3. The molecule has 1 amide bonds. The minimum Gasteiger partial charge on any atom is -0.755 e. The monoisotopic (exact) mass is 497 g/mol. The van der Waals surface area contributed by atoms with Crippen LogP contribution in [0.25, 0.3) is 10.8 Å². The normalized spacial score (nSPS) is 16.2. The summed E-state index contributed by atoms with van der Waals surface area (Å²) in [4.78, 5) is 24.4. The zero-order chi connectivity index (χ0) is 25.1. The smallest absolute Gasteiger partial charge is 0.222 e. The highest BCUT2D eigenvalue weighted by molar-refractivity contribution is 7.80. The number of amides is 1. The average Bonchev–Trinajstić information content (AvgIpc) is 3.30. The maximum Gasteiger partial charge on any atom is 0.222 e. The predicted octanol–water partition coefficient (Wildman–Crippen LogP) is 5.19. The third kappa shape index (κ3) is 4.94. The fourth-order valence-corrected chi connectivity index (χ4v) is 5.67. The first-order valence-electron chi connectivity index (χ1n) is 11.8. The van der Waals surface area contributed by atoms with Crippen molar-refractivity contribution in [1.29, 1.82) is 0 Å². The number of anilines is 1.